The lowest BCUT2D eigenvalue weighted by molar-refractivity contribution is -0.308. The Morgan fingerprint density at radius 3 is 2.30 bits per heavy atom. The fourth-order valence-corrected chi connectivity index (χ4v) is 3.82. The Bertz CT molecular complexity index is 1200. The zero-order chi connectivity index (χ0) is 22.2. The van der Waals surface area contributed by atoms with Crippen LogP contribution in [0.2, 0.25) is 0 Å². The van der Waals surface area contributed by atoms with Crippen LogP contribution in [0.3, 0.4) is 0 Å². The molecule has 1 amide bonds. The number of carbonyl (C=O) groups excluding carboxylic acids is 2. The van der Waals surface area contributed by atoms with Gasteiger partial charge < -0.3 is 24.1 Å². The first kappa shape index (κ1) is 21.6. The van der Waals surface area contributed by atoms with Crippen LogP contribution in [0.5, 0.6) is 0 Å². The number of carboxylic acid groups (broad SMARTS) is 1. The van der Waals surface area contributed by atoms with Gasteiger partial charge in [-0.3, -0.25) is 4.79 Å². The topological polar surface area (TPSA) is 113 Å². The maximum atomic E-state index is 12.6. The molecule has 2 heterocycles. The molecule has 0 saturated carbocycles. The predicted octanol–water partition coefficient (Wildman–Crippen LogP) is 2.74. The lowest BCUT2D eigenvalue weighted by atomic mass is 9.98. The molecule has 0 saturated heterocycles. The van der Waals surface area contributed by atoms with Crippen LogP contribution in [0.15, 0.2) is 19.7 Å². The first-order valence-corrected chi connectivity index (χ1v) is 10.1. The van der Waals surface area contributed by atoms with Crippen LogP contribution >= 0.6 is 0 Å². The van der Waals surface area contributed by atoms with Crippen LogP contribution < -0.4 is 16.0 Å². The number of carbonyl (C=O) groups is 2. The maximum absolute atomic E-state index is 12.6. The number of aryl methyl sites for hydroxylation is 4. The van der Waals surface area contributed by atoms with Crippen LogP contribution in [0, 0.1) is 27.7 Å². The van der Waals surface area contributed by atoms with Crippen molar-refractivity contribution in [2.75, 3.05) is 0 Å². The van der Waals surface area contributed by atoms with Crippen LogP contribution in [0.4, 0.5) is 0 Å². The van der Waals surface area contributed by atoms with Gasteiger partial charge in [0.05, 0.1) is 12.0 Å². The summed E-state index contributed by atoms with van der Waals surface area (Å²) in [4.78, 5) is 36.0. The average Bonchev–Trinajstić information content (AvgIpc) is 2.97. The van der Waals surface area contributed by atoms with Crippen molar-refractivity contribution in [3.05, 3.63) is 44.5 Å². The summed E-state index contributed by atoms with van der Waals surface area (Å²) in [7, 11) is 0. The minimum atomic E-state index is -1.31. The highest BCUT2D eigenvalue weighted by Gasteiger charge is 2.20. The van der Waals surface area contributed by atoms with Crippen molar-refractivity contribution >= 4 is 33.8 Å². The van der Waals surface area contributed by atoms with Gasteiger partial charge in [0, 0.05) is 28.3 Å². The van der Waals surface area contributed by atoms with Crippen molar-refractivity contribution in [2.24, 2.45) is 0 Å². The molecule has 0 unspecified atom stereocenters. The summed E-state index contributed by atoms with van der Waals surface area (Å²) >= 11 is 0. The van der Waals surface area contributed by atoms with E-state index < -0.39 is 23.5 Å². The maximum Gasteiger partial charge on any atom is 0.339 e. The molecule has 1 N–H and O–H groups in total. The summed E-state index contributed by atoms with van der Waals surface area (Å²) in [5.41, 5.74) is 3.64. The minimum Gasteiger partial charge on any atom is -0.548 e. The normalized spacial score (nSPS) is 12.4. The van der Waals surface area contributed by atoms with E-state index in [9.17, 15) is 19.5 Å². The minimum absolute atomic E-state index is 0.0182. The number of nitrogens with one attached hydrogen (secondary N) is 1. The second-order valence-corrected chi connectivity index (χ2v) is 7.76. The number of benzene rings is 1. The Labute approximate surface area is 174 Å². The van der Waals surface area contributed by atoms with Gasteiger partial charge in [-0.05, 0) is 57.7 Å². The SMILES string of the molecule is CCC[C@@H](NC(=O)CCc1c(C)c2cc3c(C)c(C)oc3c(C)c2oc1=O)C(=O)[O-]. The fraction of sp³-hybridized carbons (Fsp3) is 0.435. The lowest BCUT2D eigenvalue weighted by Gasteiger charge is -2.19. The van der Waals surface area contributed by atoms with Gasteiger partial charge in [0.25, 0.3) is 0 Å². The van der Waals surface area contributed by atoms with Gasteiger partial charge in [-0.1, -0.05) is 13.3 Å². The largest absolute Gasteiger partial charge is 0.548 e. The van der Waals surface area contributed by atoms with E-state index in [0.717, 1.165) is 33.2 Å². The van der Waals surface area contributed by atoms with E-state index in [1.54, 1.807) is 0 Å². The Morgan fingerprint density at radius 2 is 1.67 bits per heavy atom. The van der Waals surface area contributed by atoms with Gasteiger partial charge in [0.1, 0.15) is 16.9 Å². The van der Waals surface area contributed by atoms with E-state index in [2.05, 4.69) is 5.32 Å². The molecule has 3 aromatic rings. The molecule has 160 valence electrons. The number of rotatable bonds is 7. The second kappa shape index (κ2) is 8.34. The second-order valence-electron chi connectivity index (χ2n) is 7.76. The van der Waals surface area contributed by atoms with Crippen molar-refractivity contribution in [3.8, 4) is 0 Å². The molecule has 1 atom stereocenters. The number of aliphatic carboxylic acids is 1. The number of amides is 1. The van der Waals surface area contributed by atoms with Crippen LogP contribution in [0.25, 0.3) is 21.9 Å². The van der Waals surface area contributed by atoms with Gasteiger partial charge in [0.2, 0.25) is 5.91 Å². The third-order valence-electron chi connectivity index (χ3n) is 5.74. The number of carboxylic acids is 1. The molecular weight excluding hydrogens is 386 g/mol. The number of hydrogen-bond donors (Lipinski definition) is 1. The number of fused-ring (bicyclic) bond motifs is 2. The molecule has 0 fully saturated rings. The van der Waals surface area contributed by atoms with E-state index in [1.807, 2.05) is 40.7 Å². The van der Waals surface area contributed by atoms with Crippen LogP contribution in [-0.2, 0) is 16.0 Å². The average molecular weight is 412 g/mol. The van der Waals surface area contributed by atoms with Gasteiger partial charge in [-0.2, -0.15) is 0 Å². The van der Waals surface area contributed by atoms with Gasteiger partial charge >= 0.3 is 5.63 Å². The van der Waals surface area contributed by atoms with Gasteiger partial charge in [-0.25, -0.2) is 4.79 Å². The van der Waals surface area contributed by atoms with Crippen LogP contribution in [-0.4, -0.2) is 17.9 Å². The number of hydrogen-bond acceptors (Lipinski definition) is 6. The Balaban J connectivity index is 1.94. The standard InChI is InChI=1S/C23H27NO6/c1-6-7-18(22(26)27)24-19(25)9-8-15-12(3)17-10-16-11(2)14(5)29-20(16)13(4)21(17)30-23(15)28/h10,18H,6-9H2,1-5H3,(H,24,25)(H,26,27)/p-1/t18-/m1/s1. The summed E-state index contributed by atoms with van der Waals surface area (Å²) in [5, 5.41) is 15.4. The zero-order valence-corrected chi connectivity index (χ0v) is 17.9. The summed E-state index contributed by atoms with van der Waals surface area (Å²) in [5.74, 6) is -0.934. The van der Waals surface area contributed by atoms with Crippen molar-refractivity contribution in [1.82, 2.24) is 5.32 Å². The summed E-state index contributed by atoms with van der Waals surface area (Å²) in [6.45, 7) is 9.40. The molecule has 1 aromatic carbocycles. The molecule has 7 heteroatoms. The molecule has 7 nitrogen and oxygen atoms in total. The molecule has 0 spiro atoms. The Morgan fingerprint density at radius 1 is 1.03 bits per heavy atom. The first-order valence-electron chi connectivity index (χ1n) is 10.1. The molecule has 2 aromatic heterocycles. The predicted molar refractivity (Wildman–Crippen MR) is 111 cm³/mol. The summed E-state index contributed by atoms with van der Waals surface area (Å²) < 4.78 is 11.4. The molecular formula is C23H26NO6-. The van der Waals surface area contributed by atoms with E-state index in [4.69, 9.17) is 8.83 Å². The molecule has 30 heavy (non-hydrogen) atoms. The van der Waals surface area contributed by atoms with Crippen LogP contribution in [0.1, 0.15) is 54.2 Å². The highest BCUT2D eigenvalue weighted by Crippen LogP contribution is 2.34. The Hall–Kier alpha value is -3.09. The molecule has 0 aliphatic carbocycles. The fourth-order valence-electron chi connectivity index (χ4n) is 3.82. The highest BCUT2D eigenvalue weighted by molar-refractivity contribution is 6.00. The molecule has 0 aliphatic rings. The smallest absolute Gasteiger partial charge is 0.339 e. The third kappa shape index (κ3) is 3.84. The van der Waals surface area contributed by atoms with Crippen molar-refractivity contribution in [1.29, 1.82) is 0 Å². The van der Waals surface area contributed by atoms with Crippen molar-refractivity contribution < 1.29 is 23.5 Å². The van der Waals surface area contributed by atoms with Gasteiger partial charge in [-0.15, -0.1) is 0 Å². The lowest BCUT2D eigenvalue weighted by Crippen LogP contribution is -2.47. The number of furan rings is 1. The molecule has 3 rings (SSSR count). The first-order chi connectivity index (χ1) is 14.1. The monoisotopic (exact) mass is 412 g/mol. The van der Waals surface area contributed by atoms with E-state index in [-0.39, 0.29) is 12.8 Å². The van der Waals surface area contributed by atoms with E-state index in [0.29, 0.717) is 29.6 Å². The third-order valence-corrected chi connectivity index (χ3v) is 5.74. The molecule has 0 aliphatic heterocycles. The Kier molecular flexibility index (Phi) is 6.01. The van der Waals surface area contributed by atoms with E-state index >= 15 is 0 Å². The molecule has 0 bridgehead atoms. The molecule has 0 radical (unpaired) electrons. The van der Waals surface area contributed by atoms with Crippen molar-refractivity contribution in [3.63, 3.8) is 0 Å². The van der Waals surface area contributed by atoms with Crippen molar-refractivity contribution in [2.45, 2.75) is 66.3 Å². The highest BCUT2D eigenvalue weighted by atomic mass is 16.4. The van der Waals surface area contributed by atoms with E-state index in [1.165, 1.54) is 0 Å². The summed E-state index contributed by atoms with van der Waals surface area (Å²) in [6, 6.07) is 0.929. The zero-order valence-electron chi connectivity index (χ0n) is 17.9. The van der Waals surface area contributed by atoms with Gasteiger partial charge in [0.15, 0.2) is 0 Å². The quantitative estimate of drug-likeness (QED) is 0.597. The summed E-state index contributed by atoms with van der Waals surface area (Å²) in [6.07, 6.45) is 1.04.